The highest BCUT2D eigenvalue weighted by molar-refractivity contribution is 5.84. The molecule has 2 amide bonds. The van der Waals surface area contributed by atoms with Crippen LogP contribution in [0.3, 0.4) is 0 Å². The molecule has 0 radical (unpaired) electrons. The number of carbonyl (C=O) groups is 2. The summed E-state index contributed by atoms with van der Waals surface area (Å²) in [6, 6.07) is 15.7. The summed E-state index contributed by atoms with van der Waals surface area (Å²) in [5, 5.41) is 0. The molecule has 0 N–H and O–H groups in total. The van der Waals surface area contributed by atoms with Crippen molar-refractivity contribution < 1.29 is 19.1 Å². The molecule has 7 nitrogen and oxygen atoms in total. The summed E-state index contributed by atoms with van der Waals surface area (Å²) >= 11 is 0. The van der Waals surface area contributed by atoms with E-state index in [-0.39, 0.29) is 18.4 Å². The summed E-state index contributed by atoms with van der Waals surface area (Å²) in [6.07, 6.45) is 1.50. The topological polar surface area (TPSA) is 62.3 Å². The molecular formula is C24H27N3O4. The van der Waals surface area contributed by atoms with E-state index in [1.165, 1.54) is 11.3 Å². The Morgan fingerprint density at radius 1 is 0.871 bits per heavy atom. The van der Waals surface area contributed by atoms with E-state index in [0.29, 0.717) is 44.2 Å². The Balaban J connectivity index is 1.15. The summed E-state index contributed by atoms with van der Waals surface area (Å²) in [5.41, 5.74) is 2.49. The lowest BCUT2D eigenvalue weighted by Crippen LogP contribution is -2.56. The molecule has 3 aliphatic rings. The van der Waals surface area contributed by atoms with Crippen LogP contribution >= 0.6 is 0 Å². The maximum atomic E-state index is 12.9. The van der Waals surface area contributed by atoms with E-state index in [0.717, 1.165) is 19.4 Å². The van der Waals surface area contributed by atoms with Crippen molar-refractivity contribution in [2.45, 2.75) is 18.9 Å². The van der Waals surface area contributed by atoms with Gasteiger partial charge in [-0.05, 0) is 36.6 Å². The molecule has 1 unspecified atom stereocenters. The number of amides is 2. The molecular weight excluding hydrogens is 394 g/mol. The molecule has 3 heterocycles. The molecule has 2 aromatic rings. The Morgan fingerprint density at radius 3 is 2.42 bits per heavy atom. The van der Waals surface area contributed by atoms with E-state index >= 15 is 0 Å². The van der Waals surface area contributed by atoms with Crippen molar-refractivity contribution in [2.24, 2.45) is 0 Å². The van der Waals surface area contributed by atoms with Crippen LogP contribution in [0.4, 0.5) is 5.69 Å². The predicted molar refractivity (Wildman–Crippen MR) is 116 cm³/mol. The van der Waals surface area contributed by atoms with Crippen LogP contribution < -0.4 is 14.4 Å². The molecule has 0 bridgehead atoms. The molecule has 3 aliphatic heterocycles. The van der Waals surface area contributed by atoms with Crippen LogP contribution in [0.1, 0.15) is 12.0 Å². The van der Waals surface area contributed by atoms with Gasteiger partial charge in [-0.3, -0.25) is 9.59 Å². The standard InChI is InChI=1S/C24H27N3O4/c28-23(16-27-11-5-7-18-6-1-2-8-19(18)27)25-12-14-26(15-13-25)24(29)22-17-30-20-9-3-4-10-21(20)31-22/h1-4,6,8-10,22H,5,7,11-17H2. The van der Waals surface area contributed by atoms with E-state index in [9.17, 15) is 9.59 Å². The summed E-state index contributed by atoms with van der Waals surface area (Å²) in [6.45, 7) is 3.63. The Morgan fingerprint density at radius 2 is 1.58 bits per heavy atom. The van der Waals surface area contributed by atoms with Crippen molar-refractivity contribution in [1.82, 2.24) is 9.80 Å². The molecule has 0 saturated carbocycles. The zero-order valence-corrected chi connectivity index (χ0v) is 17.5. The maximum absolute atomic E-state index is 12.9. The fraction of sp³-hybridized carbons (Fsp3) is 0.417. The van der Waals surface area contributed by atoms with Gasteiger partial charge in [0, 0.05) is 38.4 Å². The highest BCUT2D eigenvalue weighted by Gasteiger charge is 2.33. The first-order chi connectivity index (χ1) is 15.2. The molecule has 31 heavy (non-hydrogen) atoms. The second kappa shape index (κ2) is 8.49. The van der Waals surface area contributed by atoms with Gasteiger partial charge in [0.25, 0.3) is 5.91 Å². The lowest BCUT2D eigenvalue weighted by molar-refractivity contribution is -0.145. The van der Waals surface area contributed by atoms with Gasteiger partial charge >= 0.3 is 0 Å². The zero-order valence-electron chi connectivity index (χ0n) is 17.5. The fourth-order valence-corrected chi connectivity index (χ4v) is 4.56. The van der Waals surface area contributed by atoms with Crippen LogP contribution in [0.2, 0.25) is 0 Å². The van der Waals surface area contributed by atoms with Gasteiger partial charge in [0.2, 0.25) is 12.0 Å². The van der Waals surface area contributed by atoms with Gasteiger partial charge < -0.3 is 24.2 Å². The summed E-state index contributed by atoms with van der Waals surface area (Å²) in [5.74, 6) is 1.31. The molecule has 2 aromatic carbocycles. The minimum Gasteiger partial charge on any atom is -0.485 e. The molecule has 162 valence electrons. The van der Waals surface area contributed by atoms with Crippen LogP contribution in [0.15, 0.2) is 48.5 Å². The van der Waals surface area contributed by atoms with Gasteiger partial charge in [-0.25, -0.2) is 0 Å². The lowest BCUT2D eigenvalue weighted by Gasteiger charge is -2.38. The van der Waals surface area contributed by atoms with Crippen LogP contribution in [-0.4, -0.2) is 73.6 Å². The monoisotopic (exact) mass is 421 g/mol. The summed E-state index contributed by atoms with van der Waals surface area (Å²) < 4.78 is 11.5. The first-order valence-electron chi connectivity index (χ1n) is 11.0. The molecule has 0 spiro atoms. The predicted octanol–water partition coefficient (Wildman–Crippen LogP) is 1.95. The minimum absolute atomic E-state index is 0.0773. The Kier molecular flexibility index (Phi) is 5.40. The lowest BCUT2D eigenvalue weighted by atomic mass is 10.0. The summed E-state index contributed by atoms with van der Waals surface area (Å²) in [7, 11) is 0. The van der Waals surface area contributed by atoms with Crippen LogP contribution in [-0.2, 0) is 16.0 Å². The van der Waals surface area contributed by atoms with Crippen LogP contribution in [0.25, 0.3) is 0 Å². The number of carbonyl (C=O) groups excluding carboxylic acids is 2. The quantitative estimate of drug-likeness (QED) is 0.758. The average molecular weight is 421 g/mol. The third kappa shape index (κ3) is 4.04. The van der Waals surface area contributed by atoms with Gasteiger partial charge in [0.05, 0.1) is 6.54 Å². The third-order valence-corrected chi connectivity index (χ3v) is 6.26. The molecule has 1 fully saturated rings. The van der Waals surface area contributed by atoms with Gasteiger partial charge in [0.15, 0.2) is 11.5 Å². The van der Waals surface area contributed by atoms with E-state index in [2.05, 4.69) is 23.1 Å². The molecule has 0 aliphatic carbocycles. The van der Waals surface area contributed by atoms with Crippen molar-refractivity contribution in [2.75, 3.05) is 50.8 Å². The Bertz CT molecular complexity index is 971. The molecule has 5 rings (SSSR count). The number of ether oxygens (including phenoxy) is 2. The van der Waals surface area contributed by atoms with Crippen molar-refractivity contribution in [3.05, 3.63) is 54.1 Å². The number of anilines is 1. The third-order valence-electron chi connectivity index (χ3n) is 6.26. The minimum atomic E-state index is -0.637. The number of rotatable bonds is 3. The normalized spacial score (nSPS) is 20.3. The average Bonchev–Trinajstić information content (AvgIpc) is 2.83. The SMILES string of the molecule is O=C(CN1CCCc2ccccc21)N1CCN(C(=O)C2COc3ccccc3O2)CC1. The van der Waals surface area contributed by atoms with Crippen LogP contribution in [0, 0.1) is 0 Å². The number of hydrogen-bond donors (Lipinski definition) is 0. The van der Waals surface area contributed by atoms with Gasteiger partial charge in [-0.1, -0.05) is 30.3 Å². The largest absolute Gasteiger partial charge is 0.485 e. The number of aryl methyl sites for hydroxylation is 1. The second-order valence-corrected chi connectivity index (χ2v) is 8.22. The molecule has 1 atom stereocenters. The van der Waals surface area contributed by atoms with Crippen molar-refractivity contribution in [3.63, 3.8) is 0 Å². The van der Waals surface area contributed by atoms with Crippen molar-refractivity contribution in [1.29, 1.82) is 0 Å². The first-order valence-corrected chi connectivity index (χ1v) is 11.0. The molecule has 1 saturated heterocycles. The highest BCUT2D eigenvalue weighted by atomic mass is 16.6. The van der Waals surface area contributed by atoms with Crippen molar-refractivity contribution in [3.8, 4) is 11.5 Å². The van der Waals surface area contributed by atoms with Gasteiger partial charge in [0.1, 0.15) is 6.61 Å². The Hall–Kier alpha value is -3.22. The van der Waals surface area contributed by atoms with Crippen LogP contribution in [0.5, 0.6) is 11.5 Å². The van der Waals surface area contributed by atoms with E-state index in [1.807, 2.05) is 35.2 Å². The maximum Gasteiger partial charge on any atom is 0.267 e. The first kappa shape index (κ1) is 19.7. The highest BCUT2D eigenvalue weighted by Crippen LogP contribution is 2.31. The second-order valence-electron chi connectivity index (χ2n) is 8.22. The number of fused-ring (bicyclic) bond motifs is 2. The number of benzene rings is 2. The molecule has 7 heteroatoms. The zero-order chi connectivity index (χ0) is 21.2. The number of para-hydroxylation sites is 3. The molecule has 0 aromatic heterocycles. The number of piperazine rings is 1. The number of hydrogen-bond acceptors (Lipinski definition) is 5. The van der Waals surface area contributed by atoms with E-state index < -0.39 is 6.10 Å². The van der Waals surface area contributed by atoms with E-state index in [4.69, 9.17) is 9.47 Å². The van der Waals surface area contributed by atoms with Gasteiger partial charge in [-0.2, -0.15) is 0 Å². The smallest absolute Gasteiger partial charge is 0.267 e. The fourth-order valence-electron chi connectivity index (χ4n) is 4.56. The van der Waals surface area contributed by atoms with Crippen molar-refractivity contribution >= 4 is 17.5 Å². The summed E-state index contributed by atoms with van der Waals surface area (Å²) in [4.78, 5) is 31.7. The van der Waals surface area contributed by atoms with E-state index in [1.54, 1.807) is 4.90 Å². The Labute approximate surface area is 182 Å². The number of nitrogens with zero attached hydrogens (tertiary/aromatic N) is 3. The van der Waals surface area contributed by atoms with Gasteiger partial charge in [-0.15, -0.1) is 0 Å².